The normalized spacial score (nSPS) is 10.5. The first-order valence-corrected chi connectivity index (χ1v) is 5.56. The fourth-order valence-corrected chi connectivity index (χ4v) is 1.46. The summed E-state index contributed by atoms with van der Waals surface area (Å²) in [7, 11) is 1.87. The van der Waals surface area contributed by atoms with Crippen LogP contribution in [0.2, 0.25) is 0 Å². The molecule has 0 amide bonds. The first-order chi connectivity index (χ1) is 8.19. The second kappa shape index (κ2) is 4.86. The number of rotatable bonds is 4. The highest BCUT2D eigenvalue weighted by Gasteiger charge is 2.06. The van der Waals surface area contributed by atoms with Gasteiger partial charge >= 0.3 is 0 Å². The summed E-state index contributed by atoms with van der Waals surface area (Å²) in [5.41, 5.74) is 6.32. The molecule has 0 spiro atoms. The molecule has 0 radical (unpaired) electrons. The van der Waals surface area contributed by atoms with Crippen molar-refractivity contribution in [2.75, 3.05) is 5.73 Å². The molecule has 0 saturated carbocycles. The van der Waals surface area contributed by atoms with Gasteiger partial charge in [0.15, 0.2) is 11.6 Å². The number of aromatic nitrogens is 3. The first-order valence-electron chi connectivity index (χ1n) is 5.56. The first kappa shape index (κ1) is 11.4. The van der Waals surface area contributed by atoms with E-state index in [1.54, 1.807) is 4.68 Å². The third-order valence-electron chi connectivity index (χ3n) is 2.46. The van der Waals surface area contributed by atoms with E-state index >= 15 is 0 Å². The van der Waals surface area contributed by atoms with E-state index in [2.05, 4.69) is 10.1 Å². The minimum absolute atomic E-state index is 0.410. The molecule has 17 heavy (non-hydrogen) atoms. The SMILES string of the molecule is CCc1nc(COc2ccc(N)cc2)n(C)n1. The lowest BCUT2D eigenvalue weighted by Gasteiger charge is -2.05. The van der Waals surface area contributed by atoms with Crippen molar-refractivity contribution in [3.05, 3.63) is 35.9 Å². The number of anilines is 1. The van der Waals surface area contributed by atoms with E-state index < -0.39 is 0 Å². The monoisotopic (exact) mass is 232 g/mol. The van der Waals surface area contributed by atoms with Crippen LogP contribution < -0.4 is 10.5 Å². The van der Waals surface area contributed by atoms with Crippen molar-refractivity contribution in [3.8, 4) is 5.75 Å². The van der Waals surface area contributed by atoms with Crippen molar-refractivity contribution in [3.63, 3.8) is 0 Å². The second-order valence-electron chi connectivity index (χ2n) is 3.78. The highest BCUT2D eigenvalue weighted by molar-refractivity contribution is 5.41. The number of ether oxygens (including phenoxy) is 1. The van der Waals surface area contributed by atoms with Gasteiger partial charge < -0.3 is 10.5 Å². The van der Waals surface area contributed by atoms with Crippen LogP contribution in [0.15, 0.2) is 24.3 Å². The summed E-state index contributed by atoms with van der Waals surface area (Å²) in [5.74, 6) is 2.43. The molecule has 0 unspecified atom stereocenters. The van der Waals surface area contributed by atoms with Gasteiger partial charge in [0, 0.05) is 19.2 Å². The lowest BCUT2D eigenvalue weighted by molar-refractivity contribution is 0.290. The molecule has 0 atom stereocenters. The van der Waals surface area contributed by atoms with Crippen molar-refractivity contribution in [2.24, 2.45) is 7.05 Å². The summed E-state index contributed by atoms with van der Waals surface area (Å²) in [6.07, 6.45) is 0.829. The minimum Gasteiger partial charge on any atom is -0.486 e. The number of benzene rings is 1. The van der Waals surface area contributed by atoms with Crippen LogP contribution >= 0.6 is 0 Å². The lowest BCUT2D eigenvalue weighted by atomic mass is 10.3. The predicted octanol–water partition coefficient (Wildman–Crippen LogP) is 1.54. The molecule has 0 aliphatic heterocycles. The van der Waals surface area contributed by atoms with Crippen molar-refractivity contribution < 1.29 is 4.74 Å². The topological polar surface area (TPSA) is 66.0 Å². The smallest absolute Gasteiger partial charge is 0.164 e. The number of nitrogens with two attached hydrogens (primary N) is 1. The zero-order chi connectivity index (χ0) is 12.3. The zero-order valence-corrected chi connectivity index (χ0v) is 10.1. The highest BCUT2D eigenvalue weighted by Crippen LogP contribution is 2.14. The zero-order valence-electron chi connectivity index (χ0n) is 10.1. The molecule has 2 aromatic rings. The van der Waals surface area contributed by atoms with Crippen LogP contribution in [0, 0.1) is 0 Å². The lowest BCUT2D eigenvalue weighted by Crippen LogP contribution is -2.04. The highest BCUT2D eigenvalue weighted by atomic mass is 16.5. The average Bonchev–Trinajstić information content (AvgIpc) is 2.69. The quantitative estimate of drug-likeness (QED) is 0.812. The molecular weight excluding hydrogens is 216 g/mol. The molecule has 1 heterocycles. The van der Waals surface area contributed by atoms with E-state index in [4.69, 9.17) is 10.5 Å². The van der Waals surface area contributed by atoms with Crippen LogP contribution in [-0.4, -0.2) is 14.8 Å². The molecule has 90 valence electrons. The maximum atomic E-state index is 5.61. The fraction of sp³-hybridized carbons (Fsp3) is 0.333. The predicted molar refractivity (Wildman–Crippen MR) is 65.6 cm³/mol. The van der Waals surface area contributed by atoms with Crippen LogP contribution in [-0.2, 0) is 20.1 Å². The van der Waals surface area contributed by atoms with Crippen molar-refractivity contribution in [1.82, 2.24) is 14.8 Å². The van der Waals surface area contributed by atoms with E-state index in [-0.39, 0.29) is 0 Å². The molecule has 0 fully saturated rings. The second-order valence-corrected chi connectivity index (χ2v) is 3.78. The number of aryl methyl sites for hydroxylation is 2. The Morgan fingerprint density at radius 2 is 2.00 bits per heavy atom. The minimum atomic E-state index is 0.410. The molecule has 1 aromatic heterocycles. The molecule has 5 heteroatoms. The Kier molecular flexibility index (Phi) is 3.27. The van der Waals surface area contributed by atoms with Crippen LogP contribution in [0.5, 0.6) is 5.75 Å². The maximum Gasteiger partial charge on any atom is 0.164 e. The molecular formula is C12H16N4O. The van der Waals surface area contributed by atoms with Gasteiger partial charge in [-0.05, 0) is 24.3 Å². The van der Waals surface area contributed by atoms with Crippen molar-refractivity contribution in [2.45, 2.75) is 20.0 Å². The summed E-state index contributed by atoms with van der Waals surface area (Å²) >= 11 is 0. The Bertz CT molecular complexity index is 490. The Balaban J connectivity index is 2.01. The summed E-state index contributed by atoms with van der Waals surface area (Å²) in [5, 5.41) is 4.26. The summed E-state index contributed by atoms with van der Waals surface area (Å²) in [4.78, 5) is 4.36. The van der Waals surface area contributed by atoms with Crippen molar-refractivity contribution >= 4 is 5.69 Å². The largest absolute Gasteiger partial charge is 0.486 e. The van der Waals surface area contributed by atoms with Gasteiger partial charge in [0.2, 0.25) is 0 Å². The summed E-state index contributed by atoms with van der Waals surface area (Å²) in [6, 6.07) is 7.30. The molecule has 2 N–H and O–H groups in total. The molecule has 0 aliphatic carbocycles. The van der Waals surface area contributed by atoms with Gasteiger partial charge in [-0.3, -0.25) is 0 Å². The van der Waals surface area contributed by atoms with E-state index in [9.17, 15) is 0 Å². The van der Waals surface area contributed by atoms with E-state index in [0.29, 0.717) is 6.61 Å². The summed E-state index contributed by atoms with van der Waals surface area (Å²) in [6.45, 7) is 2.44. The van der Waals surface area contributed by atoms with Crippen LogP contribution in [0.3, 0.4) is 0 Å². The number of hydrogen-bond donors (Lipinski definition) is 1. The molecule has 1 aromatic carbocycles. The van der Waals surface area contributed by atoms with E-state index in [0.717, 1.165) is 29.5 Å². The number of nitrogen functional groups attached to an aromatic ring is 1. The van der Waals surface area contributed by atoms with E-state index in [1.807, 2.05) is 38.2 Å². The number of hydrogen-bond acceptors (Lipinski definition) is 4. The van der Waals surface area contributed by atoms with Gasteiger partial charge in [0.1, 0.15) is 12.4 Å². The van der Waals surface area contributed by atoms with Gasteiger partial charge in [-0.2, -0.15) is 5.10 Å². The molecule has 0 bridgehead atoms. The Labute approximate surface area is 100 Å². The third kappa shape index (κ3) is 2.75. The fourth-order valence-electron chi connectivity index (χ4n) is 1.46. The standard InChI is InChI=1S/C12H16N4O/c1-3-11-14-12(16(2)15-11)8-17-10-6-4-9(13)5-7-10/h4-7H,3,8,13H2,1-2H3. The van der Waals surface area contributed by atoms with Gasteiger partial charge in [-0.15, -0.1) is 0 Å². The Hall–Kier alpha value is -2.04. The molecule has 0 saturated heterocycles. The maximum absolute atomic E-state index is 5.61. The van der Waals surface area contributed by atoms with Gasteiger partial charge in [-0.25, -0.2) is 9.67 Å². The Morgan fingerprint density at radius 3 is 2.59 bits per heavy atom. The molecule has 2 rings (SSSR count). The van der Waals surface area contributed by atoms with Gasteiger partial charge in [-0.1, -0.05) is 6.92 Å². The average molecular weight is 232 g/mol. The molecule has 5 nitrogen and oxygen atoms in total. The number of nitrogens with zero attached hydrogens (tertiary/aromatic N) is 3. The van der Waals surface area contributed by atoms with Crippen molar-refractivity contribution in [1.29, 1.82) is 0 Å². The Morgan fingerprint density at radius 1 is 1.29 bits per heavy atom. The summed E-state index contributed by atoms with van der Waals surface area (Å²) < 4.78 is 7.35. The molecule has 0 aliphatic rings. The van der Waals surface area contributed by atoms with E-state index in [1.165, 1.54) is 0 Å². The van der Waals surface area contributed by atoms with Gasteiger partial charge in [0.25, 0.3) is 0 Å². The third-order valence-corrected chi connectivity index (χ3v) is 2.46. The van der Waals surface area contributed by atoms with Gasteiger partial charge in [0.05, 0.1) is 0 Å². The van der Waals surface area contributed by atoms with Crippen LogP contribution in [0.1, 0.15) is 18.6 Å². The van der Waals surface area contributed by atoms with Crippen LogP contribution in [0.4, 0.5) is 5.69 Å². The van der Waals surface area contributed by atoms with Crippen LogP contribution in [0.25, 0.3) is 0 Å².